The number of hydrogen-bond acceptors (Lipinski definition) is 6. The Balaban J connectivity index is 1.64. The van der Waals surface area contributed by atoms with Crippen molar-refractivity contribution >= 4 is 5.97 Å². The highest BCUT2D eigenvalue weighted by Gasteiger charge is 2.11. The predicted molar refractivity (Wildman–Crippen MR) is 85.7 cm³/mol. The molecule has 0 saturated heterocycles. The van der Waals surface area contributed by atoms with Gasteiger partial charge in [-0.2, -0.15) is 0 Å². The lowest BCUT2D eigenvalue weighted by Gasteiger charge is -2.02. The highest BCUT2D eigenvalue weighted by molar-refractivity contribution is 5.89. The van der Waals surface area contributed by atoms with E-state index in [2.05, 4.69) is 5.16 Å². The number of ether oxygens (including phenoxy) is 2. The molecule has 122 valence electrons. The minimum Gasteiger partial charge on any atom is -0.508 e. The van der Waals surface area contributed by atoms with E-state index in [1.165, 1.54) is 12.1 Å². The van der Waals surface area contributed by atoms with Crippen LogP contribution in [0.2, 0.25) is 0 Å². The maximum Gasteiger partial charge on any atom is 0.338 e. The van der Waals surface area contributed by atoms with Gasteiger partial charge in [0.25, 0.3) is 0 Å². The van der Waals surface area contributed by atoms with E-state index >= 15 is 0 Å². The van der Waals surface area contributed by atoms with Gasteiger partial charge in [0.05, 0.1) is 12.7 Å². The molecule has 0 aliphatic rings. The van der Waals surface area contributed by atoms with Crippen LogP contribution in [0.1, 0.15) is 16.1 Å². The third-order valence-corrected chi connectivity index (χ3v) is 3.37. The van der Waals surface area contributed by atoms with Gasteiger partial charge >= 0.3 is 5.97 Å². The predicted octanol–water partition coefficient (Wildman–Crippen LogP) is 3.41. The molecule has 1 aromatic heterocycles. The standard InChI is InChI=1S/C18H15NO5/c1-22-15-7-5-12(6-8-15)17-10-16(24-19-17)11-23-18(21)13-3-2-4-14(20)9-13/h2-10,20H,11H2,1H3. The second-order valence-electron chi connectivity index (χ2n) is 5.03. The van der Waals surface area contributed by atoms with E-state index in [4.69, 9.17) is 14.0 Å². The molecule has 0 saturated carbocycles. The number of carbonyl (C=O) groups is 1. The summed E-state index contributed by atoms with van der Waals surface area (Å²) in [6.07, 6.45) is 0. The highest BCUT2D eigenvalue weighted by Crippen LogP contribution is 2.22. The van der Waals surface area contributed by atoms with Gasteiger partial charge in [-0.1, -0.05) is 11.2 Å². The number of benzene rings is 2. The van der Waals surface area contributed by atoms with Crippen LogP contribution in [0.5, 0.6) is 11.5 Å². The zero-order valence-corrected chi connectivity index (χ0v) is 12.9. The van der Waals surface area contributed by atoms with Crippen molar-refractivity contribution in [3.05, 3.63) is 65.9 Å². The van der Waals surface area contributed by atoms with E-state index < -0.39 is 5.97 Å². The van der Waals surface area contributed by atoms with E-state index in [0.29, 0.717) is 11.5 Å². The molecule has 1 N–H and O–H groups in total. The second-order valence-corrected chi connectivity index (χ2v) is 5.03. The molecule has 3 aromatic rings. The lowest BCUT2D eigenvalue weighted by atomic mass is 10.1. The number of carbonyl (C=O) groups excluding carboxylic acids is 1. The summed E-state index contributed by atoms with van der Waals surface area (Å²) in [7, 11) is 1.60. The van der Waals surface area contributed by atoms with E-state index in [0.717, 1.165) is 11.3 Å². The monoisotopic (exact) mass is 325 g/mol. The number of aromatic hydroxyl groups is 1. The number of aromatic nitrogens is 1. The summed E-state index contributed by atoms with van der Waals surface area (Å²) < 4.78 is 15.4. The van der Waals surface area contributed by atoms with Crippen molar-refractivity contribution in [1.29, 1.82) is 0 Å². The SMILES string of the molecule is COc1ccc(-c2cc(COC(=O)c3cccc(O)c3)on2)cc1. The third-order valence-electron chi connectivity index (χ3n) is 3.37. The molecule has 6 heteroatoms. The number of phenolic OH excluding ortho intramolecular Hbond substituents is 1. The molecule has 0 spiro atoms. The van der Waals surface area contributed by atoms with E-state index in [1.807, 2.05) is 24.3 Å². The number of hydrogen-bond donors (Lipinski definition) is 1. The minimum atomic E-state index is -0.548. The molecule has 2 aromatic carbocycles. The van der Waals surface area contributed by atoms with E-state index in [1.54, 1.807) is 25.3 Å². The smallest absolute Gasteiger partial charge is 0.338 e. The molecule has 0 unspecified atom stereocenters. The average molecular weight is 325 g/mol. The van der Waals surface area contributed by atoms with Gasteiger partial charge in [-0.15, -0.1) is 0 Å². The molecule has 0 fully saturated rings. The van der Waals surface area contributed by atoms with Crippen molar-refractivity contribution in [3.8, 4) is 22.8 Å². The van der Waals surface area contributed by atoms with Crippen molar-refractivity contribution in [2.75, 3.05) is 7.11 Å². The molecule has 1 heterocycles. The lowest BCUT2D eigenvalue weighted by molar-refractivity contribution is 0.0437. The fourth-order valence-corrected chi connectivity index (χ4v) is 2.13. The molecule has 0 amide bonds. The first-order valence-electron chi connectivity index (χ1n) is 7.22. The Morgan fingerprint density at radius 1 is 1.17 bits per heavy atom. The number of phenols is 1. The molecule has 0 aliphatic carbocycles. The first-order chi connectivity index (χ1) is 11.7. The summed E-state index contributed by atoms with van der Waals surface area (Å²) in [6, 6.07) is 15.0. The zero-order chi connectivity index (χ0) is 16.9. The third kappa shape index (κ3) is 3.55. The summed E-state index contributed by atoms with van der Waals surface area (Å²) in [6.45, 7) is -0.0440. The molecular formula is C18H15NO5. The highest BCUT2D eigenvalue weighted by atomic mass is 16.5. The Morgan fingerprint density at radius 3 is 2.67 bits per heavy atom. The molecule has 0 radical (unpaired) electrons. The summed E-state index contributed by atoms with van der Waals surface area (Å²) >= 11 is 0. The average Bonchev–Trinajstić information content (AvgIpc) is 3.09. The van der Waals surface area contributed by atoms with Crippen LogP contribution in [-0.4, -0.2) is 23.3 Å². The summed E-state index contributed by atoms with van der Waals surface area (Å²) in [5.74, 6) is 0.635. The minimum absolute atomic E-state index is 0.00547. The fourth-order valence-electron chi connectivity index (χ4n) is 2.13. The summed E-state index contributed by atoms with van der Waals surface area (Å²) in [4.78, 5) is 11.9. The summed E-state index contributed by atoms with van der Waals surface area (Å²) in [5.41, 5.74) is 1.77. The maximum absolute atomic E-state index is 11.9. The maximum atomic E-state index is 11.9. The van der Waals surface area contributed by atoms with Crippen LogP contribution in [0, 0.1) is 0 Å². The number of rotatable bonds is 5. The van der Waals surface area contributed by atoms with Gasteiger partial charge < -0.3 is 19.1 Å². The fraction of sp³-hybridized carbons (Fsp3) is 0.111. The van der Waals surface area contributed by atoms with Crippen molar-refractivity contribution in [2.45, 2.75) is 6.61 Å². The zero-order valence-electron chi connectivity index (χ0n) is 12.9. The van der Waals surface area contributed by atoms with Crippen LogP contribution in [0.4, 0.5) is 0 Å². The van der Waals surface area contributed by atoms with E-state index in [-0.39, 0.29) is 17.9 Å². The van der Waals surface area contributed by atoms with Crippen molar-refractivity contribution in [3.63, 3.8) is 0 Å². The number of methoxy groups -OCH3 is 1. The molecule has 0 aliphatic heterocycles. The van der Waals surface area contributed by atoms with Gasteiger partial charge in [-0.05, 0) is 42.5 Å². The molecule has 3 rings (SSSR count). The van der Waals surface area contributed by atoms with Gasteiger partial charge in [0.2, 0.25) is 0 Å². The molecule has 0 bridgehead atoms. The van der Waals surface area contributed by atoms with Crippen LogP contribution in [-0.2, 0) is 11.3 Å². The van der Waals surface area contributed by atoms with Crippen LogP contribution >= 0.6 is 0 Å². The first-order valence-corrected chi connectivity index (χ1v) is 7.22. The summed E-state index contributed by atoms with van der Waals surface area (Å²) in [5, 5.41) is 13.3. The van der Waals surface area contributed by atoms with Gasteiger partial charge in [0.15, 0.2) is 12.4 Å². The van der Waals surface area contributed by atoms with E-state index in [9.17, 15) is 9.90 Å². The normalized spacial score (nSPS) is 10.4. The quantitative estimate of drug-likeness (QED) is 0.724. The van der Waals surface area contributed by atoms with Crippen LogP contribution in [0.15, 0.2) is 59.1 Å². The number of esters is 1. The Labute approximate surface area is 138 Å². The number of nitrogens with zero attached hydrogens (tertiary/aromatic N) is 1. The van der Waals surface area contributed by atoms with Gasteiger partial charge in [0.1, 0.15) is 17.2 Å². The Hall–Kier alpha value is -3.28. The molecule has 6 nitrogen and oxygen atoms in total. The van der Waals surface area contributed by atoms with Crippen molar-refractivity contribution < 1.29 is 23.9 Å². The van der Waals surface area contributed by atoms with Gasteiger partial charge in [-0.25, -0.2) is 4.79 Å². The lowest BCUT2D eigenvalue weighted by Crippen LogP contribution is -2.04. The van der Waals surface area contributed by atoms with Crippen LogP contribution in [0.25, 0.3) is 11.3 Å². The molecular weight excluding hydrogens is 310 g/mol. The second kappa shape index (κ2) is 6.87. The Morgan fingerprint density at radius 2 is 1.96 bits per heavy atom. The largest absolute Gasteiger partial charge is 0.508 e. The molecule has 24 heavy (non-hydrogen) atoms. The van der Waals surface area contributed by atoms with Gasteiger partial charge in [-0.3, -0.25) is 0 Å². The van der Waals surface area contributed by atoms with Crippen molar-refractivity contribution in [2.24, 2.45) is 0 Å². The topological polar surface area (TPSA) is 81.8 Å². The Kier molecular flexibility index (Phi) is 4.47. The first kappa shape index (κ1) is 15.6. The van der Waals surface area contributed by atoms with Crippen molar-refractivity contribution in [1.82, 2.24) is 5.16 Å². The van der Waals surface area contributed by atoms with Crippen LogP contribution in [0.3, 0.4) is 0 Å². The molecule has 0 atom stereocenters. The van der Waals surface area contributed by atoms with Gasteiger partial charge in [0, 0.05) is 11.6 Å². The Bertz CT molecular complexity index is 839. The van der Waals surface area contributed by atoms with Crippen LogP contribution < -0.4 is 4.74 Å².